The molecule has 7 heterocycles. The van der Waals surface area contributed by atoms with Gasteiger partial charge in [-0.1, -0.05) is 37.1 Å². The van der Waals surface area contributed by atoms with Gasteiger partial charge in [-0.05, 0) is 104 Å². The van der Waals surface area contributed by atoms with Crippen LogP contribution >= 0.6 is 0 Å². The molecule has 1 saturated heterocycles. The van der Waals surface area contributed by atoms with Crippen LogP contribution in [0, 0.1) is 6.92 Å². The van der Waals surface area contributed by atoms with Gasteiger partial charge in [0.25, 0.3) is 0 Å². The van der Waals surface area contributed by atoms with Gasteiger partial charge in [0.2, 0.25) is 0 Å². The Labute approximate surface area is 343 Å². The Morgan fingerprint density at radius 1 is 0.463 bits per heavy atom. The number of hydrogen-bond donors (Lipinski definition) is 0. The monoisotopic (exact) mass is 852 g/mol. The Balaban J connectivity index is 0.000000248. The molecule has 0 aliphatic carbocycles. The molecule has 6 aromatic heterocycles. The predicted octanol–water partition coefficient (Wildman–Crippen LogP) is 8.45. The molecule has 0 bridgehead atoms. The van der Waals surface area contributed by atoms with Crippen molar-refractivity contribution in [2.45, 2.75) is 26.3 Å². The number of rotatable bonds is 5. The maximum absolute atomic E-state index is 4.68. The standard InChI is InChI=1S/C22H31N6.2C10H8N2.Co.Ru/c1-19-4-9-26-21(16-19)22-17-20(5-10-27-22)18-28-14-3-8-24-12-11-23-6-2-7-25-13-15-28;2*1-3-7-11-9(5-1)10-6-2-4-8-12-10;;/h4-5,9-10,16-17H,2-3,6-8,11-15,18H2,1H3;2*1-8H;;/q-3;;;+3;+2. The summed E-state index contributed by atoms with van der Waals surface area (Å²) >= 11 is 0. The Morgan fingerprint density at radius 2 is 0.907 bits per heavy atom. The molecular formula is C42H47CoN10Ru+2. The Morgan fingerprint density at radius 3 is 1.39 bits per heavy atom. The fourth-order valence-electron chi connectivity index (χ4n) is 5.36. The molecule has 0 radical (unpaired) electrons. The fraction of sp³-hybridized carbons (Fsp3) is 0.286. The topological polar surface area (TPSA) is 123 Å². The minimum Gasteiger partial charge on any atom is -0.664 e. The van der Waals surface area contributed by atoms with Gasteiger partial charge in [0.15, 0.2) is 0 Å². The van der Waals surface area contributed by atoms with Crippen LogP contribution in [-0.2, 0) is 42.8 Å². The minimum absolute atomic E-state index is 0. The fourth-order valence-corrected chi connectivity index (χ4v) is 5.36. The van der Waals surface area contributed by atoms with Crippen molar-refractivity contribution in [3.05, 3.63) is 161 Å². The first kappa shape index (κ1) is 44.3. The number of aryl methyl sites for hydroxylation is 1. The molecule has 0 aromatic carbocycles. The van der Waals surface area contributed by atoms with Gasteiger partial charge < -0.3 is 20.9 Å². The van der Waals surface area contributed by atoms with Crippen molar-refractivity contribution >= 4 is 0 Å². The van der Waals surface area contributed by atoms with Crippen molar-refractivity contribution in [2.75, 3.05) is 52.4 Å². The molecule has 12 heteroatoms. The summed E-state index contributed by atoms with van der Waals surface area (Å²) in [7, 11) is 0. The van der Waals surface area contributed by atoms with E-state index in [1.807, 2.05) is 91.3 Å². The van der Waals surface area contributed by atoms with Crippen LogP contribution in [0.5, 0.6) is 0 Å². The summed E-state index contributed by atoms with van der Waals surface area (Å²) in [4.78, 5) is 28.2. The normalized spacial score (nSPS) is 13.9. The van der Waals surface area contributed by atoms with Gasteiger partial charge in [-0.3, -0.25) is 29.9 Å². The van der Waals surface area contributed by atoms with Crippen LogP contribution in [0.2, 0.25) is 0 Å². The minimum atomic E-state index is 0. The molecule has 1 aliphatic heterocycles. The third kappa shape index (κ3) is 16.5. The predicted molar refractivity (Wildman–Crippen MR) is 211 cm³/mol. The van der Waals surface area contributed by atoms with Gasteiger partial charge in [-0.2, -0.15) is 26.2 Å². The van der Waals surface area contributed by atoms with E-state index in [-0.39, 0.29) is 36.3 Å². The summed E-state index contributed by atoms with van der Waals surface area (Å²) in [6, 6.07) is 31.6. The van der Waals surface area contributed by atoms with E-state index in [1.165, 1.54) is 11.1 Å². The Hall–Kier alpha value is -4.13. The second-order valence-electron chi connectivity index (χ2n) is 12.1. The van der Waals surface area contributed by atoms with Crippen LogP contribution < -0.4 is 0 Å². The van der Waals surface area contributed by atoms with E-state index in [0.29, 0.717) is 0 Å². The molecule has 1 fully saturated rings. The number of pyridine rings is 6. The number of aromatic nitrogens is 6. The third-order valence-corrected chi connectivity index (χ3v) is 8.01. The average Bonchev–Trinajstić information content (AvgIpc) is 3.21. The first-order valence-electron chi connectivity index (χ1n) is 17.9. The van der Waals surface area contributed by atoms with Crippen LogP contribution in [0.15, 0.2) is 134 Å². The first-order chi connectivity index (χ1) is 25.7. The SMILES string of the molecule is Cc1ccnc(-c2cc(CN3CCC[N-]CC[N-]CCC[N-]CC3)ccn2)c1.[Co+3].[Ru+2].c1ccc(-c2ccccn2)nc1.c1ccc(-c2ccccn2)nc1. The van der Waals surface area contributed by atoms with E-state index >= 15 is 0 Å². The van der Waals surface area contributed by atoms with E-state index in [4.69, 9.17) is 0 Å². The second kappa shape index (κ2) is 26.6. The summed E-state index contributed by atoms with van der Waals surface area (Å²) in [6.45, 7) is 10.3. The molecule has 7 rings (SSSR count). The van der Waals surface area contributed by atoms with Gasteiger partial charge >= 0.3 is 36.3 Å². The third-order valence-electron chi connectivity index (χ3n) is 8.01. The van der Waals surface area contributed by atoms with Crippen LogP contribution in [0.25, 0.3) is 50.1 Å². The number of nitrogens with zero attached hydrogens (tertiary/aromatic N) is 10. The zero-order valence-electron chi connectivity index (χ0n) is 30.6. The molecule has 6 aromatic rings. The van der Waals surface area contributed by atoms with Crippen LogP contribution in [0.4, 0.5) is 0 Å². The van der Waals surface area contributed by atoms with Crippen molar-refractivity contribution < 1.29 is 36.3 Å². The van der Waals surface area contributed by atoms with E-state index in [9.17, 15) is 0 Å². The molecule has 0 saturated carbocycles. The van der Waals surface area contributed by atoms with Gasteiger partial charge in [-0.25, -0.2) is 0 Å². The zero-order valence-corrected chi connectivity index (χ0v) is 33.4. The molecule has 0 spiro atoms. The van der Waals surface area contributed by atoms with E-state index in [2.05, 4.69) is 75.9 Å². The molecule has 0 atom stereocenters. The van der Waals surface area contributed by atoms with E-state index in [0.717, 1.165) is 106 Å². The maximum atomic E-state index is 4.68. The van der Waals surface area contributed by atoms with E-state index in [1.54, 1.807) is 24.8 Å². The average molecular weight is 852 g/mol. The van der Waals surface area contributed by atoms with Gasteiger partial charge in [0, 0.05) is 43.7 Å². The summed E-state index contributed by atoms with van der Waals surface area (Å²) in [6.07, 6.45) is 12.9. The summed E-state index contributed by atoms with van der Waals surface area (Å²) in [5.41, 5.74) is 8.00. The van der Waals surface area contributed by atoms with Crippen molar-refractivity contribution in [3.63, 3.8) is 0 Å². The second-order valence-corrected chi connectivity index (χ2v) is 12.1. The van der Waals surface area contributed by atoms with Crippen molar-refractivity contribution in [1.29, 1.82) is 0 Å². The largest absolute Gasteiger partial charge is 3.00 e. The van der Waals surface area contributed by atoms with Crippen LogP contribution in [0.1, 0.15) is 24.0 Å². The molecule has 280 valence electrons. The summed E-state index contributed by atoms with van der Waals surface area (Å²) in [5.74, 6) is 0. The molecule has 1 aliphatic rings. The van der Waals surface area contributed by atoms with Crippen molar-refractivity contribution in [1.82, 2.24) is 34.8 Å². The molecule has 0 N–H and O–H groups in total. The molecule has 0 amide bonds. The Bertz CT molecular complexity index is 1660. The molecule has 0 unspecified atom stereocenters. The summed E-state index contributed by atoms with van der Waals surface area (Å²) < 4.78 is 0. The van der Waals surface area contributed by atoms with Crippen molar-refractivity contribution in [2.24, 2.45) is 0 Å². The zero-order chi connectivity index (χ0) is 35.9. The molecule has 10 nitrogen and oxygen atoms in total. The van der Waals surface area contributed by atoms with Crippen LogP contribution in [0.3, 0.4) is 0 Å². The number of hydrogen-bond acceptors (Lipinski definition) is 7. The molecular weight excluding hydrogens is 805 g/mol. The van der Waals surface area contributed by atoms with Gasteiger partial charge in [0.05, 0.1) is 34.2 Å². The molecule has 54 heavy (non-hydrogen) atoms. The Kier molecular flexibility index (Phi) is 21.8. The quantitative estimate of drug-likeness (QED) is 0.160. The van der Waals surface area contributed by atoms with Gasteiger partial charge in [0.1, 0.15) is 0 Å². The summed E-state index contributed by atoms with van der Waals surface area (Å²) in [5, 5.41) is 13.8. The first-order valence-corrected chi connectivity index (χ1v) is 17.9. The maximum Gasteiger partial charge on any atom is 3.00 e. The van der Waals surface area contributed by atoms with Crippen molar-refractivity contribution in [3.8, 4) is 34.2 Å². The van der Waals surface area contributed by atoms with Gasteiger partial charge in [-0.15, -0.1) is 13.1 Å². The van der Waals surface area contributed by atoms with E-state index < -0.39 is 0 Å². The smallest absolute Gasteiger partial charge is 0.664 e. The van der Waals surface area contributed by atoms with Crippen LogP contribution in [-0.4, -0.2) is 87.2 Å².